The highest BCUT2D eigenvalue weighted by atomic mass is 79.9. The largest absolute Gasteiger partial charge is 0.482 e. The zero-order chi connectivity index (χ0) is 31.0. The Morgan fingerprint density at radius 2 is 1.84 bits per heavy atom. The van der Waals surface area contributed by atoms with E-state index in [1.165, 1.54) is 4.90 Å². The highest BCUT2D eigenvalue weighted by Gasteiger charge is 2.35. The molecular formula is C31H36BrN5O6S. The lowest BCUT2D eigenvalue weighted by Crippen LogP contribution is -2.50. The Labute approximate surface area is 265 Å². The third-order valence-corrected chi connectivity index (χ3v) is 11.1. The molecule has 1 N–H and O–H groups in total. The molecule has 1 aromatic heterocycles. The summed E-state index contributed by atoms with van der Waals surface area (Å²) in [7, 11) is -3.41. The number of anilines is 1. The number of aromatic nitrogens is 2. The van der Waals surface area contributed by atoms with Crippen LogP contribution in [0, 0.1) is 0 Å². The molecule has 4 heterocycles. The van der Waals surface area contributed by atoms with E-state index in [4.69, 9.17) is 9.84 Å². The van der Waals surface area contributed by atoms with Crippen LogP contribution in [0.3, 0.4) is 0 Å². The van der Waals surface area contributed by atoms with Crippen molar-refractivity contribution in [1.29, 1.82) is 0 Å². The zero-order valence-electron chi connectivity index (χ0n) is 24.6. The maximum absolute atomic E-state index is 13.0. The highest BCUT2D eigenvalue weighted by Crippen LogP contribution is 2.38. The number of nitrogens with zero attached hydrogens (tertiary/aromatic N) is 5. The average Bonchev–Trinajstić information content (AvgIpc) is 3.39. The number of hydrogen-bond acceptors (Lipinski definition) is 7. The van der Waals surface area contributed by atoms with Crippen LogP contribution in [0.4, 0.5) is 10.5 Å². The van der Waals surface area contributed by atoms with Gasteiger partial charge < -0.3 is 24.5 Å². The minimum Gasteiger partial charge on any atom is -0.482 e. The van der Waals surface area contributed by atoms with Gasteiger partial charge in [-0.25, -0.2) is 13.2 Å². The summed E-state index contributed by atoms with van der Waals surface area (Å²) < 4.78 is 33.7. The summed E-state index contributed by atoms with van der Waals surface area (Å²) in [6, 6.07) is 12.7. The number of halogens is 1. The van der Waals surface area contributed by atoms with Crippen LogP contribution in [0.2, 0.25) is 0 Å². The maximum Gasteiger partial charge on any atom is 0.407 e. The second kappa shape index (κ2) is 12.5. The predicted octanol–water partition coefficient (Wildman–Crippen LogP) is 4.42. The molecule has 0 saturated carbocycles. The van der Waals surface area contributed by atoms with Gasteiger partial charge in [0.25, 0.3) is 5.91 Å². The van der Waals surface area contributed by atoms with Crippen molar-refractivity contribution in [3.63, 3.8) is 0 Å². The van der Waals surface area contributed by atoms with Crippen molar-refractivity contribution in [2.45, 2.75) is 56.6 Å². The summed E-state index contributed by atoms with van der Waals surface area (Å²) in [6.45, 7) is 5.61. The Hall–Kier alpha value is -3.42. The molecule has 3 aliphatic rings. The van der Waals surface area contributed by atoms with Crippen molar-refractivity contribution in [3.8, 4) is 17.0 Å². The van der Waals surface area contributed by atoms with E-state index < -0.39 is 15.9 Å². The van der Waals surface area contributed by atoms with Gasteiger partial charge in [0.05, 0.1) is 28.6 Å². The second-order valence-electron chi connectivity index (χ2n) is 11.5. The summed E-state index contributed by atoms with van der Waals surface area (Å²) in [5.74, 6) is 0.388. The number of piperidine rings is 1. The van der Waals surface area contributed by atoms with Crippen LogP contribution in [0.15, 0.2) is 51.8 Å². The molecule has 2 aromatic carbocycles. The summed E-state index contributed by atoms with van der Waals surface area (Å²) in [4.78, 5) is 30.5. The molecule has 0 bridgehead atoms. The quantitative estimate of drug-likeness (QED) is 0.370. The second-order valence-corrected chi connectivity index (χ2v) is 14.7. The smallest absolute Gasteiger partial charge is 0.407 e. The molecule has 11 nitrogen and oxygen atoms in total. The van der Waals surface area contributed by atoms with Gasteiger partial charge in [-0.15, -0.1) is 0 Å². The molecule has 2 amide bonds. The summed E-state index contributed by atoms with van der Waals surface area (Å²) in [5.41, 5.74) is 4.43. The van der Waals surface area contributed by atoms with Crippen LogP contribution >= 0.6 is 15.9 Å². The fraction of sp³-hybridized carbons (Fsp3) is 0.452. The molecule has 234 valence electrons. The van der Waals surface area contributed by atoms with Gasteiger partial charge >= 0.3 is 6.09 Å². The van der Waals surface area contributed by atoms with Gasteiger partial charge in [0.2, 0.25) is 0 Å². The van der Waals surface area contributed by atoms with Crippen molar-refractivity contribution < 1.29 is 27.9 Å². The van der Waals surface area contributed by atoms with E-state index in [0.29, 0.717) is 30.9 Å². The highest BCUT2D eigenvalue weighted by molar-refractivity contribution is 9.10. The number of carbonyl (C=O) groups excluding carboxylic acids is 1. The molecule has 0 aliphatic carbocycles. The number of hydrogen-bond donors (Lipinski definition) is 1. The van der Waals surface area contributed by atoms with Gasteiger partial charge in [-0.3, -0.25) is 9.48 Å². The number of sulfone groups is 1. The van der Waals surface area contributed by atoms with Gasteiger partial charge in [-0.1, -0.05) is 35.0 Å². The minimum absolute atomic E-state index is 0.00730. The average molecular weight is 687 g/mol. The van der Waals surface area contributed by atoms with E-state index in [2.05, 4.69) is 25.5 Å². The monoisotopic (exact) mass is 685 g/mol. The van der Waals surface area contributed by atoms with Crippen molar-refractivity contribution in [2.75, 3.05) is 43.4 Å². The van der Waals surface area contributed by atoms with Crippen LogP contribution in [0.5, 0.6) is 5.75 Å². The third kappa shape index (κ3) is 6.09. The van der Waals surface area contributed by atoms with Gasteiger partial charge in [0, 0.05) is 59.9 Å². The molecule has 3 aromatic rings. The van der Waals surface area contributed by atoms with E-state index in [1.807, 2.05) is 24.3 Å². The Bertz CT molecular complexity index is 1670. The summed E-state index contributed by atoms with van der Waals surface area (Å²) in [5, 5.41) is 14.6. The number of benzene rings is 2. The van der Waals surface area contributed by atoms with E-state index in [-0.39, 0.29) is 29.2 Å². The number of carboxylic acid groups (broad SMARTS) is 1. The number of likely N-dealkylation sites (tertiary alicyclic amines) is 1. The van der Waals surface area contributed by atoms with Crippen LogP contribution < -0.4 is 9.64 Å². The van der Waals surface area contributed by atoms with E-state index in [0.717, 1.165) is 72.4 Å². The molecule has 0 radical (unpaired) electrons. The maximum atomic E-state index is 13.0. The first-order valence-corrected chi connectivity index (χ1v) is 17.5. The van der Waals surface area contributed by atoms with Gasteiger partial charge in [0.15, 0.2) is 16.4 Å². The van der Waals surface area contributed by atoms with E-state index in [9.17, 15) is 23.1 Å². The topological polar surface area (TPSA) is 125 Å². The fourth-order valence-corrected chi connectivity index (χ4v) is 7.60. The van der Waals surface area contributed by atoms with Gasteiger partial charge in [-0.05, 0) is 56.1 Å². The van der Waals surface area contributed by atoms with Crippen LogP contribution in [-0.2, 0) is 34.1 Å². The first-order chi connectivity index (χ1) is 21.1. The van der Waals surface area contributed by atoms with Crippen LogP contribution in [-0.4, -0.2) is 89.7 Å². The summed E-state index contributed by atoms with van der Waals surface area (Å²) in [6.07, 6.45) is 2.17. The van der Waals surface area contributed by atoms with Gasteiger partial charge in [-0.2, -0.15) is 5.10 Å². The molecule has 0 atom stereocenters. The molecule has 0 spiro atoms. The first kappa shape index (κ1) is 30.6. The standard InChI is InChI=1S/C31H36BrN5O6S/c1-2-44(41,42)24-8-9-28-27(18-24)37(29(38)20-43-28)23-10-15-34(16-11-23)13-3-14-36-26-12-17-35(31(39)40)19-25(26)30(33-36)21-4-6-22(32)7-5-21/h4-9,18,23H,2-3,10-17,19-20H2,1H3,(H,39,40). The molecule has 0 unspecified atom stereocenters. The SMILES string of the molecule is CCS(=O)(=O)c1ccc2c(c1)N(C1CCN(CCCn3nc(-c4ccc(Br)cc4)c4c3CCN(C(=O)O)C4)CC1)C(=O)CO2. The van der Waals surface area contributed by atoms with Crippen molar-refractivity contribution >= 4 is 43.5 Å². The van der Waals surface area contributed by atoms with Crippen LogP contribution in [0.1, 0.15) is 37.4 Å². The van der Waals surface area contributed by atoms with E-state index >= 15 is 0 Å². The normalized spacial score (nSPS) is 17.7. The van der Waals surface area contributed by atoms with Crippen molar-refractivity contribution in [3.05, 3.63) is 58.2 Å². The molecule has 1 saturated heterocycles. The molecule has 6 rings (SSSR count). The van der Waals surface area contributed by atoms with Crippen molar-refractivity contribution in [2.24, 2.45) is 0 Å². The molecule has 44 heavy (non-hydrogen) atoms. The van der Waals surface area contributed by atoms with Crippen LogP contribution in [0.25, 0.3) is 11.3 Å². The number of fused-ring (bicyclic) bond motifs is 2. The number of ether oxygens (including phenoxy) is 1. The Kier molecular flexibility index (Phi) is 8.71. The molecule has 1 fully saturated rings. The fourth-order valence-electron chi connectivity index (χ4n) is 6.44. The minimum atomic E-state index is -3.41. The Balaban J connectivity index is 1.10. The molecule has 13 heteroatoms. The number of amides is 2. The number of carbonyl (C=O) groups is 2. The lowest BCUT2D eigenvalue weighted by molar-refractivity contribution is -0.122. The lowest BCUT2D eigenvalue weighted by Gasteiger charge is -2.40. The van der Waals surface area contributed by atoms with Crippen molar-refractivity contribution in [1.82, 2.24) is 19.6 Å². The number of aryl methyl sites for hydroxylation is 1. The van der Waals surface area contributed by atoms with E-state index in [1.54, 1.807) is 30.0 Å². The predicted molar refractivity (Wildman–Crippen MR) is 169 cm³/mol. The van der Waals surface area contributed by atoms with Gasteiger partial charge in [0.1, 0.15) is 5.75 Å². The lowest BCUT2D eigenvalue weighted by atomic mass is 10.0. The molecular weight excluding hydrogens is 650 g/mol. The number of rotatable bonds is 8. The first-order valence-electron chi connectivity index (χ1n) is 15.0. The summed E-state index contributed by atoms with van der Waals surface area (Å²) >= 11 is 3.48. The Morgan fingerprint density at radius 3 is 2.55 bits per heavy atom. The molecule has 3 aliphatic heterocycles. The Morgan fingerprint density at radius 1 is 1.09 bits per heavy atom. The third-order valence-electron chi connectivity index (χ3n) is 8.84. The zero-order valence-corrected chi connectivity index (χ0v) is 27.0.